The average molecular weight is 256 g/mol. The lowest BCUT2D eigenvalue weighted by Crippen LogP contribution is -2.39. The zero-order valence-corrected chi connectivity index (χ0v) is 11.1. The Morgan fingerprint density at radius 2 is 1.84 bits per heavy atom. The van der Waals surface area contributed by atoms with Crippen LogP contribution < -0.4 is 5.73 Å². The van der Waals surface area contributed by atoms with Gasteiger partial charge in [-0.1, -0.05) is 18.2 Å². The number of hydrogen-bond donors (Lipinski definition) is 1. The molecule has 3 rings (SSSR count). The van der Waals surface area contributed by atoms with Crippen LogP contribution in [0.3, 0.4) is 0 Å². The highest BCUT2D eigenvalue weighted by atomic mass is 15.3. The van der Waals surface area contributed by atoms with E-state index in [9.17, 15) is 0 Å². The summed E-state index contributed by atoms with van der Waals surface area (Å²) in [4.78, 5) is 2.46. The number of benzene rings is 1. The molecular formula is C15H20N4. The molecule has 2 heterocycles. The summed E-state index contributed by atoms with van der Waals surface area (Å²) < 4.78 is 2.02. The van der Waals surface area contributed by atoms with Crippen LogP contribution in [0.2, 0.25) is 0 Å². The Labute approximate surface area is 113 Å². The number of nitrogens with two attached hydrogens (primary N) is 1. The molecule has 2 aromatic rings. The molecule has 0 spiro atoms. The number of rotatable bonds is 3. The van der Waals surface area contributed by atoms with E-state index < -0.39 is 0 Å². The van der Waals surface area contributed by atoms with Crippen molar-refractivity contribution in [2.45, 2.75) is 25.4 Å². The molecule has 1 aromatic heterocycles. The molecule has 4 heteroatoms. The maximum atomic E-state index is 5.95. The summed E-state index contributed by atoms with van der Waals surface area (Å²) in [5, 5.41) is 4.43. The Balaban J connectivity index is 1.74. The SMILES string of the molecule is NC1CCN(Cc2ccnn2-c2ccccc2)CC1. The summed E-state index contributed by atoms with van der Waals surface area (Å²) in [5.41, 5.74) is 8.31. The first kappa shape index (κ1) is 12.4. The Kier molecular flexibility index (Phi) is 3.62. The lowest BCUT2D eigenvalue weighted by molar-refractivity contribution is 0.202. The second-order valence-corrected chi connectivity index (χ2v) is 5.18. The predicted molar refractivity (Wildman–Crippen MR) is 76.1 cm³/mol. The van der Waals surface area contributed by atoms with Gasteiger partial charge in [0.05, 0.1) is 11.4 Å². The molecule has 1 aliphatic heterocycles. The van der Waals surface area contributed by atoms with Crippen LogP contribution in [-0.2, 0) is 6.54 Å². The first-order chi connectivity index (χ1) is 9.33. The molecule has 0 atom stereocenters. The molecule has 1 aliphatic rings. The third kappa shape index (κ3) is 2.85. The van der Waals surface area contributed by atoms with Crippen LogP contribution >= 0.6 is 0 Å². The quantitative estimate of drug-likeness (QED) is 0.911. The first-order valence-corrected chi connectivity index (χ1v) is 6.89. The van der Waals surface area contributed by atoms with Crippen molar-refractivity contribution in [3.8, 4) is 5.69 Å². The van der Waals surface area contributed by atoms with E-state index in [1.54, 1.807) is 0 Å². The van der Waals surface area contributed by atoms with E-state index >= 15 is 0 Å². The largest absolute Gasteiger partial charge is 0.328 e. The molecule has 4 nitrogen and oxygen atoms in total. The van der Waals surface area contributed by atoms with Gasteiger partial charge in [0.1, 0.15) is 0 Å². The molecule has 0 unspecified atom stereocenters. The number of para-hydroxylation sites is 1. The maximum Gasteiger partial charge on any atom is 0.0649 e. The highest BCUT2D eigenvalue weighted by molar-refractivity contribution is 5.32. The molecule has 100 valence electrons. The summed E-state index contributed by atoms with van der Waals surface area (Å²) in [6, 6.07) is 12.8. The summed E-state index contributed by atoms with van der Waals surface area (Å²) in [7, 11) is 0. The molecule has 0 radical (unpaired) electrons. The normalized spacial score (nSPS) is 17.7. The average Bonchev–Trinajstić information content (AvgIpc) is 2.90. The summed E-state index contributed by atoms with van der Waals surface area (Å²) in [5.74, 6) is 0. The van der Waals surface area contributed by atoms with E-state index in [2.05, 4.69) is 28.2 Å². The van der Waals surface area contributed by atoms with Crippen molar-refractivity contribution in [1.29, 1.82) is 0 Å². The first-order valence-electron chi connectivity index (χ1n) is 6.89. The van der Waals surface area contributed by atoms with Crippen molar-refractivity contribution in [2.75, 3.05) is 13.1 Å². The molecule has 0 amide bonds. The summed E-state index contributed by atoms with van der Waals surface area (Å²) in [6.07, 6.45) is 4.07. The van der Waals surface area contributed by atoms with Crippen LogP contribution in [0.25, 0.3) is 5.69 Å². The monoisotopic (exact) mass is 256 g/mol. The minimum atomic E-state index is 0.385. The van der Waals surface area contributed by atoms with Crippen LogP contribution in [0.15, 0.2) is 42.6 Å². The van der Waals surface area contributed by atoms with Gasteiger partial charge in [-0.25, -0.2) is 4.68 Å². The fraction of sp³-hybridized carbons (Fsp3) is 0.400. The van der Waals surface area contributed by atoms with E-state index in [4.69, 9.17) is 5.73 Å². The topological polar surface area (TPSA) is 47.1 Å². The molecule has 0 bridgehead atoms. The van der Waals surface area contributed by atoms with Crippen LogP contribution in [0.1, 0.15) is 18.5 Å². The van der Waals surface area contributed by atoms with Gasteiger partial charge in [0.15, 0.2) is 0 Å². The second-order valence-electron chi connectivity index (χ2n) is 5.18. The molecule has 19 heavy (non-hydrogen) atoms. The van der Waals surface area contributed by atoms with Crippen molar-refractivity contribution >= 4 is 0 Å². The van der Waals surface area contributed by atoms with E-state index in [1.807, 2.05) is 29.1 Å². The Bertz CT molecular complexity index is 512. The minimum Gasteiger partial charge on any atom is -0.328 e. The zero-order valence-electron chi connectivity index (χ0n) is 11.1. The van der Waals surface area contributed by atoms with Crippen LogP contribution in [0, 0.1) is 0 Å². The number of nitrogens with zero attached hydrogens (tertiary/aromatic N) is 3. The number of aromatic nitrogens is 2. The molecule has 1 saturated heterocycles. The van der Waals surface area contributed by atoms with Gasteiger partial charge in [0.2, 0.25) is 0 Å². The van der Waals surface area contributed by atoms with Crippen molar-refractivity contribution < 1.29 is 0 Å². The summed E-state index contributed by atoms with van der Waals surface area (Å²) >= 11 is 0. The van der Waals surface area contributed by atoms with Gasteiger partial charge in [-0.15, -0.1) is 0 Å². The van der Waals surface area contributed by atoms with Crippen LogP contribution in [0.5, 0.6) is 0 Å². The van der Waals surface area contributed by atoms with Crippen molar-refractivity contribution in [2.24, 2.45) is 5.73 Å². The van der Waals surface area contributed by atoms with E-state index in [0.29, 0.717) is 6.04 Å². The van der Waals surface area contributed by atoms with Gasteiger partial charge in [-0.2, -0.15) is 5.10 Å². The van der Waals surface area contributed by atoms with Gasteiger partial charge in [-0.05, 0) is 31.0 Å². The van der Waals surface area contributed by atoms with Crippen molar-refractivity contribution in [3.05, 3.63) is 48.3 Å². The van der Waals surface area contributed by atoms with E-state index in [-0.39, 0.29) is 0 Å². The van der Waals surface area contributed by atoms with Crippen LogP contribution in [-0.4, -0.2) is 33.8 Å². The highest BCUT2D eigenvalue weighted by Crippen LogP contribution is 2.15. The Morgan fingerprint density at radius 1 is 1.11 bits per heavy atom. The number of hydrogen-bond acceptors (Lipinski definition) is 3. The van der Waals surface area contributed by atoms with Gasteiger partial charge >= 0.3 is 0 Å². The minimum absolute atomic E-state index is 0.385. The molecule has 2 N–H and O–H groups in total. The lowest BCUT2D eigenvalue weighted by atomic mass is 10.1. The Hall–Kier alpha value is -1.65. The lowest BCUT2D eigenvalue weighted by Gasteiger charge is -2.30. The van der Waals surface area contributed by atoms with Gasteiger partial charge < -0.3 is 5.73 Å². The van der Waals surface area contributed by atoms with Crippen molar-refractivity contribution in [1.82, 2.24) is 14.7 Å². The third-order valence-corrected chi connectivity index (χ3v) is 3.74. The van der Waals surface area contributed by atoms with Crippen LogP contribution in [0.4, 0.5) is 0 Å². The molecular weight excluding hydrogens is 236 g/mol. The Morgan fingerprint density at radius 3 is 2.58 bits per heavy atom. The third-order valence-electron chi connectivity index (χ3n) is 3.74. The molecule has 1 aromatic carbocycles. The molecule has 0 saturated carbocycles. The zero-order chi connectivity index (χ0) is 13.1. The smallest absolute Gasteiger partial charge is 0.0649 e. The fourth-order valence-corrected chi connectivity index (χ4v) is 2.59. The highest BCUT2D eigenvalue weighted by Gasteiger charge is 2.17. The fourth-order valence-electron chi connectivity index (χ4n) is 2.59. The maximum absolute atomic E-state index is 5.95. The van der Waals surface area contributed by atoms with Gasteiger partial charge in [0, 0.05) is 31.9 Å². The molecule has 1 fully saturated rings. The van der Waals surface area contributed by atoms with E-state index in [0.717, 1.165) is 38.2 Å². The summed E-state index contributed by atoms with van der Waals surface area (Å²) in [6.45, 7) is 3.11. The van der Waals surface area contributed by atoms with Gasteiger partial charge in [0.25, 0.3) is 0 Å². The second kappa shape index (κ2) is 5.55. The molecule has 0 aliphatic carbocycles. The van der Waals surface area contributed by atoms with E-state index in [1.165, 1.54) is 5.69 Å². The number of piperidine rings is 1. The van der Waals surface area contributed by atoms with Gasteiger partial charge in [-0.3, -0.25) is 4.90 Å². The standard InChI is InChI=1S/C15H20N4/c16-13-7-10-18(11-8-13)12-15-6-9-17-19(15)14-4-2-1-3-5-14/h1-6,9,13H,7-8,10-12,16H2. The predicted octanol–water partition coefficient (Wildman–Crippen LogP) is 1.80. The number of likely N-dealkylation sites (tertiary alicyclic amines) is 1. The van der Waals surface area contributed by atoms with Crippen molar-refractivity contribution in [3.63, 3.8) is 0 Å².